The topological polar surface area (TPSA) is 58.6 Å². The minimum Gasteiger partial charge on any atom is -0.497 e. The van der Waals surface area contributed by atoms with Crippen molar-refractivity contribution in [3.05, 3.63) is 59.7 Å². The molecule has 148 valence electrons. The van der Waals surface area contributed by atoms with E-state index < -0.39 is 5.92 Å². The molecule has 0 aromatic heterocycles. The second-order valence-corrected chi connectivity index (χ2v) is 7.47. The molecule has 1 heterocycles. The number of nitrogens with zero attached hydrogens (tertiary/aromatic N) is 1. The summed E-state index contributed by atoms with van der Waals surface area (Å²) in [4.78, 5) is 26.9. The molecule has 2 amide bonds. The van der Waals surface area contributed by atoms with E-state index in [0.29, 0.717) is 25.4 Å². The number of anilines is 1. The number of methoxy groups -OCH3 is 1. The van der Waals surface area contributed by atoms with Gasteiger partial charge >= 0.3 is 0 Å². The van der Waals surface area contributed by atoms with Crippen LogP contribution in [-0.4, -0.2) is 32.0 Å². The molecule has 0 radical (unpaired) electrons. The fourth-order valence-electron chi connectivity index (χ4n) is 3.46. The molecule has 5 nitrogen and oxygen atoms in total. The summed E-state index contributed by atoms with van der Waals surface area (Å²) >= 11 is 0. The number of nitrogens with one attached hydrogen (secondary N) is 1. The highest BCUT2D eigenvalue weighted by atomic mass is 16.5. The van der Waals surface area contributed by atoms with Crippen molar-refractivity contribution in [3.63, 3.8) is 0 Å². The van der Waals surface area contributed by atoms with Gasteiger partial charge < -0.3 is 15.0 Å². The van der Waals surface area contributed by atoms with Crippen LogP contribution in [0.4, 0.5) is 5.69 Å². The van der Waals surface area contributed by atoms with E-state index in [-0.39, 0.29) is 11.8 Å². The van der Waals surface area contributed by atoms with Gasteiger partial charge in [-0.1, -0.05) is 38.1 Å². The number of hydrogen-bond acceptors (Lipinski definition) is 3. The average molecular weight is 380 g/mol. The van der Waals surface area contributed by atoms with Crippen LogP contribution in [0.3, 0.4) is 0 Å². The Hall–Kier alpha value is -2.82. The normalized spacial score (nSPS) is 16.5. The Labute approximate surface area is 166 Å². The Morgan fingerprint density at radius 1 is 1.14 bits per heavy atom. The van der Waals surface area contributed by atoms with Crippen LogP contribution < -0.4 is 15.0 Å². The van der Waals surface area contributed by atoms with Gasteiger partial charge in [0.05, 0.1) is 7.11 Å². The Balaban J connectivity index is 1.52. The maximum Gasteiger partial charge on any atom is 0.239 e. The predicted molar refractivity (Wildman–Crippen MR) is 111 cm³/mol. The Morgan fingerprint density at radius 3 is 2.43 bits per heavy atom. The Kier molecular flexibility index (Phi) is 6.34. The second-order valence-electron chi connectivity index (χ2n) is 7.47. The molecule has 1 aliphatic heterocycles. The van der Waals surface area contributed by atoms with Crippen molar-refractivity contribution in [2.24, 2.45) is 5.92 Å². The van der Waals surface area contributed by atoms with Gasteiger partial charge in [-0.2, -0.15) is 0 Å². The van der Waals surface area contributed by atoms with Crippen molar-refractivity contribution >= 4 is 17.5 Å². The Morgan fingerprint density at radius 2 is 1.82 bits per heavy atom. The van der Waals surface area contributed by atoms with Crippen LogP contribution in [0.25, 0.3) is 0 Å². The second kappa shape index (κ2) is 8.91. The van der Waals surface area contributed by atoms with Crippen molar-refractivity contribution < 1.29 is 14.3 Å². The number of hydrogen-bond donors (Lipinski definition) is 1. The largest absolute Gasteiger partial charge is 0.497 e. The average Bonchev–Trinajstić information content (AvgIpc) is 3.10. The van der Waals surface area contributed by atoms with Crippen LogP contribution in [-0.2, 0) is 16.0 Å². The van der Waals surface area contributed by atoms with Crippen molar-refractivity contribution in [2.45, 2.75) is 32.6 Å². The third kappa shape index (κ3) is 4.53. The highest BCUT2D eigenvalue weighted by Gasteiger charge is 2.37. The van der Waals surface area contributed by atoms with Crippen LogP contribution in [0.2, 0.25) is 0 Å². The summed E-state index contributed by atoms with van der Waals surface area (Å²) in [6.07, 6.45) is 1.27. The first kappa shape index (κ1) is 19.9. The van der Waals surface area contributed by atoms with Crippen molar-refractivity contribution in [2.75, 3.05) is 25.1 Å². The number of rotatable bonds is 7. The van der Waals surface area contributed by atoms with Crippen molar-refractivity contribution in [3.8, 4) is 5.75 Å². The van der Waals surface area contributed by atoms with E-state index in [9.17, 15) is 9.59 Å². The monoisotopic (exact) mass is 380 g/mol. The predicted octanol–water partition coefficient (Wildman–Crippen LogP) is 3.53. The number of carbonyl (C=O) groups is 2. The molecule has 0 spiro atoms. The summed E-state index contributed by atoms with van der Waals surface area (Å²) in [7, 11) is 1.63. The van der Waals surface area contributed by atoms with Gasteiger partial charge in [-0.05, 0) is 54.2 Å². The molecule has 2 aromatic carbocycles. The van der Waals surface area contributed by atoms with Gasteiger partial charge in [-0.25, -0.2) is 0 Å². The highest BCUT2D eigenvalue weighted by Crippen LogP contribution is 2.27. The number of carbonyl (C=O) groups excluding carboxylic acids is 2. The van der Waals surface area contributed by atoms with E-state index >= 15 is 0 Å². The molecule has 1 saturated heterocycles. The first-order valence-corrected chi connectivity index (χ1v) is 9.81. The number of amides is 2. The lowest BCUT2D eigenvalue weighted by molar-refractivity contribution is -0.132. The van der Waals surface area contributed by atoms with Crippen LogP contribution in [0.15, 0.2) is 48.5 Å². The lowest BCUT2D eigenvalue weighted by Gasteiger charge is -2.18. The summed E-state index contributed by atoms with van der Waals surface area (Å²) in [5.74, 6) is 0.373. The molecule has 1 fully saturated rings. The number of ether oxygens (including phenoxy) is 1. The van der Waals surface area contributed by atoms with E-state index in [1.54, 1.807) is 12.0 Å². The summed E-state index contributed by atoms with van der Waals surface area (Å²) < 4.78 is 5.14. The minimum atomic E-state index is -0.597. The molecule has 5 heteroatoms. The molecule has 28 heavy (non-hydrogen) atoms. The fraction of sp³-hybridized carbons (Fsp3) is 0.391. The van der Waals surface area contributed by atoms with Crippen LogP contribution in [0, 0.1) is 5.92 Å². The van der Waals surface area contributed by atoms with Gasteiger partial charge in [0.25, 0.3) is 0 Å². The fourth-order valence-corrected chi connectivity index (χ4v) is 3.46. The summed E-state index contributed by atoms with van der Waals surface area (Å²) in [6, 6.07) is 15.8. The molecular weight excluding hydrogens is 352 g/mol. The zero-order valence-corrected chi connectivity index (χ0v) is 16.8. The summed E-state index contributed by atoms with van der Waals surface area (Å²) in [6.45, 7) is 5.37. The van der Waals surface area contributed by atoms with Crippen LogP contribution in [0.5, 0.6) is 5.75 Å². The van der Waals surface area contributed by atoms with Crippen molar-refractivity contribution in [1.82, 2.24) is 5.32 Å². The maximum absolute atomic E-state index is 12.7. The van der Waals surface area contributed by atoms with Crippen molar-refractivity contribution in [1.29, 1.82) is 0 Å². The maximum atomic E-state index is 12.7. The molecule has 3 rings (SSSR count). The van der Waals surface area contributed by atoms with Crippen LogP contribution >= 0.6 is 0 Å². The molecule has 2 aromatic rings. The molecule has 0 unspecified atom stereocenters. The molecule has 1 aliphatic rings. The third-order valence-electron chi connectivity index (χ3n) is 5.27. The summed E-state index contributed by atoms with van der Waals surface area (Å²) in [5.41, 5.74) is 3.22. The molecule has 1 atom stereocenters. The molecule has 0 saturated carbocycles. The number of benzene rings is 2. The standard InChI is InChI=1S/C23H28N2O3/c1-16(2)18-6-8-19(9-7-18)25-15-13-21(23(25)27)22(26)24-14-12-17-4-10-20(28-3)11-5-17/h4-11,16,21H,12-15H2,1-3H3,(H,24,26)/t21-/m0/s1. The zero-order valence-electron chi connectivity index (χ0n) is 16.8. The minimum absolute atomic E-state index is 0.112. The lowest BCUT2D eigenvalue weighted by atomic mass is 10.0. The SMILES string of the molecule is COc1ccc(CCNC(=O)[C@@H]2CCN(c3ccc(C(C)C)cc3)C2=O)cc1. The van der Waals surface area contributed by atoms with E-state index in [1.165, 1.54) is 5.56 Å². The molecular formula is C23H28N2O3. The lowest BCUT2D eigenvalue weighted by Crippen LogP contribution is -2.37. The highest BCUT2D eigenvalue weighted by molar-refractivity contribution is 6.09. The van der Waals surface area contributed by atoms with Gasteiger partial charge in [0.1, 0.15) is 11.7 Å². The summed E-state index contributed by atoms with van der Waals surface area (Å²) in [5, 5.41) is 2.91. The van der Waals surface area contributed by atoms with Gasteiger partial charge in [-0.15, -0.1) is 0 Å². The first-order chi connectivity index (χ1) is 13.5. The van der Waals surface area contributed by atoms with Gasteiger partial charge in [0, 0.05) is 18.8 Å². The third-order valence-corrected chi connectivity index (χ3v) is 5.27. The van der Waals surface area contributed by atoms with E-state index in [0.717, 1.165) is 23.4 Å². The molecule has 1 N–H and O–H groups in total. The smallest absolute Gasteiger partial charge is 0.239 e. The zero-order chi connectivity index (χ0) is 20.1. The van der Waals surface area contributed by atoms with Gasteiger partial charge in [-0.3, -0.25) is 9.59 Å². The Bertz CT molecular complexity index is 813. The van der Waals surface area contributed by atoms with E-state index in [2.05, 4.69) is 31.3 Å². The van der Waals surface area contributed by atoms with E-state index in [1.807, 2.05) is 36.4 Å². The first-order valence-electron chi connectivity index (χ1n) is 9.81. The van der Waals surface area contributed by atoms with Gasteiger partial charge in [0.15, 0.2) is 0 Å². The van der Waals surface area contributed by atoms with E-state index in [4.69, 9.17) is 4.74 Å². The van der Waals surface area contributed by atoms with Crippen LogP contribution in [0.1, 0.15) is 37.3 Å². The molecule has 0 bridgehead atoms. The van der Waals surface area contributed by atoms with Gasteiger partial charge in [0.2, 0.25) is 11.8 Å². The molecule has 0 aliphatic carbocycles. The quantitative estimate of drug-likeness (QED) is 0.748.